The van der Waals surface area contributed by atoms with Crippen LogP contribution in [-0.2, 0) is 20.9 Å². The van der Waals surface area contributed by atoms with Crippen LogP contribution in [0, 0.1) is 11.8 Å². The summed E-state index contributed by atoms with van der Waals surface area (Å²) in [5.41, 5.74) is -0.635. The van der Waals surface area contributed by atoms with Crippen LogP contribution in [0.25, 0.3) is 0 Å². The maximum absolute atomic E-state index is 12.8. The lowest BCUT2D eigenvalue weighted by Gasteiger charge is -2.24. The number of amides is 2. The van der Waals surface area contributed by atoms with Crippen molar-refractivity contribution < 1.29 is 14.3 Å². The Morgan fingerprint density at radius 1 is 1.54 bits per heavy atom. The molecule has 1 N–H and O–H groups in total. The topological polar surface area (TPSA) is 102 Å². The van der Waals surface area contributed by atoms with Gasteiger partial charge in [-0.3, -0.25) is 9.59 Å². The predicted molar refractivity (Wildman–Crippen MR) is 81.4 cm³/mol. The molecule has 0 aromatic carbocycles. The largest absolute Gasteiger partial charge is 0.360 e. The third-order valence-corrected chi connectivity index (χ3v) is 5.09. The quantitative estimate of drug-likeness (QED) is 0.693. The lowest BCUT2D eigenvalue weighted by molar-refractivity contribution is -0.138. The van der Waals surface area contributed by atoms with E-state index in [2.05, 4.69) is 20.8 Å². The number of fused-ring (bicyclic) bond motifs is 1. The molecule has 1 aromatic heterocycles. The van der Waals surface area contributed by atoms with Gasteiger partial charge < -0.3 is 15.0 Å². The van der Waals surface area contributed by atoms with Crippen LogP contribution in [0.1, 0.15) is 13.8 Å². The van der Waals surface area contributed by atoms with E-state index in [1.807, 2.05) is 26.0 Å². The molecule has 4 atom stereocenters. The van der Waals surface area contributed by atoms with Crippen LogP contribution in [0.2, 0.25) is 0 Å². The molecule has 2 saturated heterocycles. The van der Waals surface area contributed by atoms with E-state index in [-0.39, 0.29) is 24.0 Å². The SMILES string of the molecule is CC(C)N1C[C@]23C=C[C@H](O2)[C@H](C(=O)NCCn2cnnn2)[C@@H]3C1=O. The van der Waals surface area contributed by atoms with Crippen LogP contribution in [0.3, 0.4) is 0 Å². The van der Waals surface area contributed by atoms with Gasteiger partial charge in [0, 0.05) is 12.6 Å². The Labute approximate surface area is 139 Å². The van der Waals surface area contributed by atoms with Gasteiger partial charge in [0.05, 0.1) is 31.0 Å². The van der Waals surface area contributed by atoms with Crippen LogP contribution in [0.4, 0.5) is 0 Å². The molecular weight excluding hydrogens is 312 g/mol. The number of hydrogen-bond donors (Lipinski definition) is 1. The minimum atomic E-state index is -0.635. The lowest BCUT2D eigenvalue weighted by Crippen LogP contribution is -2.45. The van der Waals surface area contributed by atoms with Crippen LogP contribution in [-0.4, -0.2) is 67.8 Å². The summed E-state index contributed by atoms with van der Waals surface area (Å²) >= 11 is 0. The molecule has 2 fully saturated rings. The molecule has 3 aliphatic heterocycles. The lowest BCUT2D eigenvalue weighted by atomic mass is 9.77. The van der Waals surface area contributed by atoms with Gasteiger partial charge in [0.2, 0.25) is 11.8 Å². The van der Waals surface area contributed by atoms with Crippen molar-refractivity contribution >= 4 is 11.8 Å². The first-order valence-corrected chi connectivity index (χ1v) is 8.18. The maximum atomic E-state index is 12.8. The van der Waals surface area contributed by atoms with E-state index in [1.165, 1.54) is 6.33 Å². The molecule has 0 unspecified atom stereocenters. The Balaban J connectivity index is 1.46. The van der Waals surface area contributed by atoms with Crippen molar-refractivity contribution in [3.05, 3.63) is 18.5 Å². The van der Waals surface area contributed by atoms with Crippen LogP contribution >= 0.6 is 0 Å². The average molecular weight is 332 g/mol. The number of carbonyl (C=O) groups is 2. The third kappa shape index (κ3) is 2.15. The highest BCUT2D eigenvalue weighted by Gasteiger charge is 2.66. The standard InChI is InChI=1S/C15H20N6O3/c1-9(2)21-7-15-4-3-10(24-15)11(12(15)14(21)23)13(22)16-5-6-20-8-17-18-19-20/h3-4,8-12H,5-7H2,1-2H3,(H,16,22)/t10-,11-,12+,15-/m0/s1. The zero-order valence-electron chi connectivity index (χ0n) is 13.6. The fraction of sp³-hybridized carbons (Fsp3) is 0.667. The summed E-state index contributed by atoms with van der Waals surface area (Å²) in [5.74, 6) is -1.04. The van der Waals surface area contributed by atoms with Gasteiger partial charge in [-0.05, 0) is 24.3 Å². The first kappa shape index (κ1) is 15.3. The number of nitrogens with zero attached hydrogens (tertiary/aromatic N) is 5. The van der Waals surface area contributed by atoms with E-state index in [9.17, 15) is 9.59 Å². The van der Waals surface area contributed by atoms with Gasteiger partial charge in [-0.15, -0.1) is 5.10 Å². The molecule has 3 aliphatic rings. The van der Waals surface area contributed by atoms with Crippen molar-refractivity contribution in [3.63, 3.8) is 0 Å². The number of hydrogen-bond acceptors (Lipinski definition) is 6. The molecule has 24 heavy (non-hydrogen) atoms. The molecule has 4 rings (SSSR count). The van der Waals surface area contributed by atoms with Gasteiger partial charge in [0.25, 0.3) is 0 Å². The Hall–Kier alpha value is -2.29. The highest BCUT2D eigenvalue weighted by molar-refractivity contribution is 5.93. The van der Waals surface area contributed by atoms with E-state index in [0.29, 0.717) is 19.6 Å². The van der Waals surface area contributed by atoms with E-state index in [0.717, 1.165) is 0 Å². The van der Waals surface area contributed by atoms with Gasteiger partial charge in [-0.2, -0.15) is 0 Å². The number of aromatic nitrogens is 4. The zero-order chi connectivity index (χ0) is 16.9. The van der Waals surface area contributed by atoms with Gasteiger partial charge in [-0.25, -0.2) is 4.68 Å². The molecule has 4 heterocycles. The summed E-state index contributed by atoms with van der Waals surface area (Å²) in [5, 5.41) is 13.7. The Bertz CT molecular complexity index is 687. The van der Waals surface area contributed by atoms with E-state index in [1.54, 1.807) is 9.58 Å². The highest BCUT2D eigenvalue weighted by Crippen LogP contribution is 2.52. The summed E-state index contributed by atoms with van der Waals surface area (Å²) < 4.78 is 7.59. The molecule has 1 spiro atoms. The van der Waals surface area contributed by atoms with E-state index < -0.39 is 17.4 Å². The van der Waals surface area contributed by atoms with Crippen LogP contribution in [0.15, 0.2) is 18.5 Å². The molecule has 9 heteroatoms. The number of ether oxygens (including phenoxy) is 1. The summed E-state index contributed by atoms with van der Waals surface area (Å²) in [6, 6.07) is 0.0945. The molecular formula is C15H20N6O3. The molecule has 1 aromatic rings. The second kappa shape index (κ2) is 5.37. The van der Waals surface area contributed by atoms with Gasteiger partial charge in [0.1, 0.15) is 11.9 Å². The highest BCUT2D eigenvalue weighted by atomic mass is 16.5. The minimum Gasteiger partial charge on any atom is -0.360 e. The fourth-order valence-corrected chi connectivity index (χ4v) is 3.96. The molecule has 9 nitrogen and oxygen atoms in total. The fourth-order valence-electron chi connectivity index (χ4n) is 3.96. The van der Waals surface area contributed by atoms with Gasteiger partial charge in [0.15, 0.2) is 0 Å². The van der Waals surface area contributed by atoms with E-state index >= 15 is 0 Å². The Kier molecular flexibility index (Phi) is 3.41. The number of tetrazole rings is 1. The first-order chi connectivity index (χ1) is 11.5. The van der Waals surface area contributed by atoms with E-state index in [4.69, 9.17) is 4.74 Å². The summed E-state index contributed by atoms with van der Waals surface area (Å²) in [6.07, 6.45) is 5.05. The second-order valence-corrected chi connectivity index (χ2v) is 6.82. The molecule has 0 aliphatic carbocycles. The second-order valence-electron chi connectivity index (χ2n) is 6.82. The van der Waals surface area contributed by atoms with Crippen molar-refractivity contribution in [3.8, 4) is 0 Å². The molecule has 2 bridgehead atoms. The average Bonchev–Trinajstić information content (AvgIpc) is 3.29. The molecule has 2 amide bonds. The summed E-state index contributed by atoms with van der Waals surface area (Å²) in [4.78, 5) is 27.3. The van der Waals surface area contributed by atoms with Crippen molar-refractivity contribution in [1.29, 1.82) is 0 Å². The molecule has 128 valence electrons. The van der Waals surface area contributed by atoms with Crippen LogP contribution in [0.5, 0.6) is 0 Å². The van der Waals surface area contributed by atoms with Crippen LogP contribution < -0.4 is 5.32 Å². The monoisotopic (exact) mass is 332 g/mol. The number of rotatable bonds is 5. The van der Waals surface area contributed by atoms with Gasteiger partial charge in [-0.1, -0.05) is 12.2 Å². The smallest absolute Gasteiger partial charge is 0.230 e. The third-order valence-electron chi connectivity index (χ3n) is 5.09. The van der Waals surface area contributed by atoms with Crippen molar-refractivity contribution in [2.24, 2.45) is 11.8 Å². The molecule has 0 radical (unpaired) electrons. The summed E-state index contributed by atoms with van der Waals surface area (Å²) in [6.45, 7) is 5.36. The van der Waals surface area contributed by atoms with Crippen molar-refractivity contribution in [2.75, 3.05) is 13.1 Å². The minimum absolute atomic E-state index is 0.0116. The maximum Gasteiger partial charge on any atom is 0.230 e. The number of carbonyl (C=O) groups excluding carboxylic acids is 2. The number of nitrogens with one attached hydrogen (secondary N) is 1. The first-order valence-electron chi connectivity index (χ1n) is 8.18. The Morgan fingerprint density at radius 3 is 3.08 bits per heavy atom. The van der Waals surface area contributed by atoms with Gasteiger partial charge >= 0.3 is 0 Å². The normalized spacial score (nSPS) is 33.5. The zero-order valence-corrected chi connectivity index (χ0v) is 13.6. The van der Waals surface area contributed by atoms with Crippen molar-refractivity contribution in [1.82, 2.24) is 30.4 Å². The predicted octanol–water partition coefficient (Wildman–Crippen LogP) is -1.02. The number of likely N-dealkylation sites (tertiary alicyclic amines) is 1. The Morgan fingerprint density at radius 2 is 2.38 bits per heavy atom. The van der Waals surface area contributed by atoms with Crippen molar-refractivity contribution in [2.45, 2.75) is 38.1 Å². The molecule has 0 saturated carbocycles. The summed E-state index contributed by atoms with van der Waals surface area (Å²) in [7, 11) is 0.